The molecule has 4 heteroatoms. The van der Waals surface area contributed by atoms with Gasteiger partial charge in [-0.2, -0.15) is 0 Å². The topological polar surface area (TPSA) is 43.8 Å². The second-order valence-electron chi connectivity index (χ2n) is 6.73. The maximum Gasteiger partial charge on any atom is 0.306 e. The number of carboxylic acid groups (broad SMARTS) is 1. The Labute approximate surface area is 140 Å². The molecule has 0 saturated carbocycles. The second-order valence-corrected chi connectivity index (χ2v) is 6.73. The van der Waals surface area contributed by atoms with E-state index in [2.05, 4.69) is 40.1 Å². The minimum atomic E-state index is -1.29. The van der Waals surface area contributed by atoms with E-state index in [1.165, 1.54) is 24.8 Å². The van der Waals surface area contributed by atoms with Crippen LogP contribution in [0.3, 0.4) is 0 Å². The molecule has 0 amide bonds. The van der Waals surface area contributed by atoms with Crippen molar-refractivity contribution in [3.63, 3.8) is 0 Å². The highest BCUT2D eigenvalue weighted by atomic mass is 16.4. The summed E-state index contributed by atoms with van der Waals surface area (Å²) in [6, 6.07) is 11.0. The number of rotatable bonds is 5. The second kappa shape index (κ2) is 7.93. The Kier molecular flexibility index (Phi) is 5.23. The normalized spacial score (nSPS) is 24.8. The highest BCUT2D eigenvalue weighted by molar-refractivity contribution is 5.70. The van der Waals surface area contributed by atoms with Gasteiger partial charge in [-0.3, -0.25) is 9.69 Å². The first-order chi connectivity index (χ1) is 11.6. The highest BCUT2D eigenvalue weighted by Gasteiger charge is 2.28. The third-order valence-electron chi connectivity index (χ3n) is 5.21. The van der Waals surface area contributed by atoms with Crippen LogP contribution in [-0.2, 0) is 4.79 Å². The molecule has 4 nitrogen and oxygen atoms in total. The van der Waals surface area contributed by atoms with Crippen molar-refractivity contribution in [3.05, 3.63) is 35.9 Å². The number of carboxylic acids is 1. The van der Waals surface area contributed by atoms with Gasteiger partial charge in [0.25, 0.3) is 0 Å². The zero-order valence-corrected chi connectivity index (χ0v) is 13.8. The average Bonchev–Trinajstić information content (AvgIpc) is 2.62. The molecular weight excluding hydrogens is 288 g/mol. The van der Waals surface area contributed by atoms with E-state index in [0.29, 0.717) is 32.0 Å². The summed E-state index contributed by atoms with van der Waals surface area (Å²) in [7, 11) is 0. The van der Waals surface area contributed by atoms with Gasteiger partial charge >= 0.3 is 5.97 Å². The summed E-state index contributed by atoms with van der Waals surface area (Å²) in [5, 5.41) is 9.23. The van der Waals surface area contributed by atoms with E-state index in [1.54, 1.807) is 0 Å². The smallest absolute Gasteiger partial charge is 0.306 e. The molecular formula is C19H28N2O2. The SMILES string of the molecule is [2H]C1(C(=O)O)CCN(CC(c2ccccc2)N2CCCCC2)CC1. The molecule has 2 fully saturated rings. The van der Waals surface area contributed by atoms with Crippen LogP contribution >= 0.6 is 0 Å². The molecule has 0 radical (unpaired) electrons. The van der Waals surface area contributed by atoms with Crippen LogP contribution in [-0.4, -0.2) is 53.6 Å². The summed E-state index contributed by atoms with van der Waals surface area (Å²) in [6.07, 6.45) is 4.69. The Balaban J connectivity index is 1.67. The van der Waals surface area contributed by atoms with Gasteiger partial charge in [0.05, 0.1) is 5.89 Å². The van der Waals surface area contributed by atoms with Crippen LogP contribution in [0.2, 0.25) is 0 Å². The summed E-state index contributed by atoms with van der Waals surface area (Å²) >= 11 is 0. The highest BCUT2D eigenvalue weighted by Crippen LogP contribution is 2.27. The molecule has 0 aromatic heterocycles. The number of carbonyl (C=O) groups is 1. The number of benzene rings is 1. The Bertz CT molecular complexity index is 538. The van der Waals surface area contributed by atoms with Crippen molar-refractivity contribution in [3.8, 4) is 0 Å². The molecule has 0 spiro atoms. The Morgan fingerprint density at radius 3 is 2.39 bits per heavy atom. The molecule has 1 aromatic carbocycles. The molecule has 1 aromatic rings. The predicted octanol–water partition coefficient (Wildman–Crippen LogP) is 3.01. The molecule has 2 heterocycles. The monoisotopic (exact) mass is 317 g/mol. The van der Waals surface area contributed by atoms with E-state index in [-0.39, 0.29) is 0 Å². The fraction of sp³-hybridized carbons (Fsp3) is 0.632. The molecule has 23 heavy (non-hydrogen) atoms. The zero-order valence-electron chi connectivity index (χ0n) is 14.8. The van der Waals surface area contributed by atoms with Crippen molar-refractivity contribution >= 4 is 5.97 Å². The molecule has 2 aliphatic heterocycles. The third-order valence-corrected chi connectivity index (χ3v) is 5.21. The lowest BCUT2D eigenvalue weighted by Gasteiger charge is -2.39. The Morgan fingerprint density at radius 1 is 1.13 bits per heavy atom. The van der Waals surface area contributed by atoms with Crippen LogP contribution in [0.1, 0.15) is 45.1 Å². The van der Waals surface area contributed by atoms with Crippen molar-refractivity contribution in [2.75, 3.05) is 32.7 Å². The number of likely N-dealkylation sites (tertiary alicyclic amines) is 2. The van der Waals surface area contributed by atoms with Gasteiger partial charge in [-0.25, -0.2) is 0 Å². The predicted molar refractivity (Wildman–Crippen MR) is 91.4 cm³/mol. The van der Waals surface area contributed by atoms with Crippen LogP contribution < -0.4 is 0 Å². The van der Waals surface area contributed by atoms with Crippen LogP contribution in [0.15, 0.2) is 30.3 Å². The van der Waals surface area contributed by atoms with E-state index in [1.807, 2.05) is 0 Å². The van der Waals surface area contributed by atoms with Crippen molar-refractivity contribution < 1.29 is 11.3 Å². The summed E-state index contributed by atoms with van der Waals surface area (Å²) in [5.41, 5.74) is 1.35. The maximum atomic E-state index is 11.3. The molecule has 1 N–H and O–H groups in total. The number of piperidine rings is 2. The molecule has 1 atom stereocenters. The molecule has 2 aliphatic rings. The molecule has 0 bridgehead atoms. The molecule has 0 aliphatic carbocycles. The van der Waals surface area contributed by atoms with Gasteiger partial charge in [-0.05, 0) is 57.4 Å². The van der Waals surface area contributed by atoms with Crippen LogP contribution in [0.5, 0.6) is 0 Å². The summed E-state index contributed by atoms with van der Waals surface area (Å²) in [5.74, 6) is -2.26. The third kappa shape index (κ3) is 4.33. The fourth-order valence-electron chi connectivity index (χ4n) is 3.80. The largest absolute Gasteiger partial charge is 0.481 e. The van der Waals surface area contributed by atoms with E-state index in [0.717, 1.165) is 19.6 Å². The Hall–Kier alpha value is -1.39. The number of nitrogens with zero attached hydrogens (tertiary/aromatic N) is 2. The molecule has 3 rings (SSSR count). The van der Waals surface area contributed by atoms with E-state index < -0.39 is 11.9 Å². The van der Waals surface area contributed by atoms with E-state index in [9.17, 15) is 9.90 Å². The van der Waals surface area contributed by atoms with Gasteiger partial charge in [-0.15, -0.1) is 0 Å². The summed E-state index contributed by atoms with van der Waals surface area (Å²) in [6.45, 7) is 4.62. The first kappa shape index (κ1) is 15.2. The van der Waals surface area contributed by atoms with Gasteiger partial charge in [0, 0.05) is 14.0 Å². The lowest BCUT2D eigenvalue weighted by atomic mass is 9.95. The van der Waals surface area contributed by atoms with Crippen LogP contribution in [0.4, 0.5) is 0 Å². The lowest BCUT2D eigenvalue weighted by molar-refractivity contribution is -0.143. The maximum absolute atomic E-state index is 11.3. The van der Waals surface area contributed by atoms with E-state index >= 15 is 0 Å². The zero-order chi connectivity index (χ0) is 17.0. The first-order valence-electron chi connectivity index (χ1n) is 9.33. The standard InChI is InChI=1S/C19H28N2O2/c22-19(23)17-9-13-20(14-10-17)15-18(16-7-3-1-4-8-16)21-11-5-2-6-12-21/h1,3-4,7-8,17-18H,2,5-6,9-15H2,(H,22,23)/i17D. The average molecular weight is 317 g/mol. The minimum absolute atomic E-state index is 0.370. The van der Waals surface area contributed by atoms with Crippen molar-refractivity contribution in [1.82, 2.24) is 9.80 Å². The van der Waals surface area contributed by atoms with Gasteiger partial charge in [-0.1, -0.05) is 36.8 Å². The number of aliphatic carboxylic acids is 1. The Morgan fingerprint density at radius 2 is 1.78 bits per heavy atom. The van der Waals surface area contributed by atoms with Gasteiger partial charge < -0.3 is 10.0 Å². The lowest BCUT2D eigenvalue weighted by Crippen LogP contribution is -2.44. The number of hydrogen-bond acceptors (Lipinski definition) is 3. The molecule has 126 valence electrons. The van der Waals surface area contributed by atoms with Crippen molar-refractivity contribution in [2.24, 2.45) is 5.89 Å². The fourth-order valence-corrected chi connectivity index (χ4v) is 3.80. The van der Waals surface area contributed by atoms with Crippen molar-refractivity contribution in [2.45, 2.75) is 38.1 Å². The van der Waals surface area contributed by atoms with Crippen molar-refractivity contribution in [1.29, 1.82) is 0 Å². The first-order valence-corrected chi connectivity index (χ1v) is 8.83. The molecule has 1 unspecified atom stereocenters. The van der Waals surface area contributed by atoms with Crippen LogP contribution in [0.25, 0.3) is 0 Å². The van der Waals surface area contributed by atoms with Gasteiger partial charge in [0.15, 0.2) is 0 Å². The summed E-state index contributed by atoms with van der Waals surface area (Å²) < 4.78 is 8.07. The quantitative estimate of drug-likeness (QED) is 0.906. The number of hydrogen-bond donors (Lipinski definition) is 1. The van der Waals surface area contributed by atoms with Crippen LogP contribution in [0, 0.1) is 5.89 Å². The molecule has 2 saturated heterocycles. The van der Waals surface area contributed by atoms with Gasteiger partial charge in [0.2, 0.25) is 0 Å². The summed E-state index contributed by atoms with van der Waals surface area (Å²) in [4.78, 5) is 16.2. The van der Waals surface area contributed by atoms with Gasteiger partial charge in [0.1, 0.15) is 0 Å². The van der Waals surface area contributed by atoms with E-state index in [4.69, 9.17) is 1.37 Å². The minimum Gasteiger partial charge on any atom is -0.481 e.